The Labute approximate surface area is 145 Å². The number of hydrogen-bond donors (Lipinski definition) is 1. The molecule has 0 aromatic heterocycles. The number of carbonyl (C=O) groups excluding carboxylic acids is 2. The largest absolute Gasteiger partial charge is 0.507 e. The molecule has 0 saturated heterocycles. The van der Waals surface area contributed by atoms with E-state index >= 15 is 0 Å². The van der Waals surface area contributed by atoms with Crippen LogP contribution in [0.1, 0.15) is 45.2 Å². The summed E-state index contributed by atoms with van der Waals surface area (Å²) in [5, 5.41) is 10.0. The normalized spacial score (nSPS) is 14.1. The van der Waals surface area contributed by atoms with Gasteiger partial charge in [0.05, 0.1) is 0 Å². The van der Waals surface area contributed by atoms with Crippen molar-refractivity contribution in [3.05, 3.63) is 63.7 Å². The van der Waals surface area contributed by atoms with E-state index in [0.717, 1.165) is 19.3 Å². The quantitative estimate of drug-likeness (QED) is 0.673. The van der Waals surface area contributed by atoms with Gasteiger partial charge < -0.3 is 9.84 Å². The molecule has 24 heavy (non-hydrogen) atoms. The molecular formula is C19H17ClO4. The van der Waals surface area contributed by atoms with Gasteiger partial charge in [-0.3, -0.25) is 4.79 Å². The van der Waals surface area contributed by atoms with E-state index in [1.165, 1.54) is 36.2 Å². The Hall–Kier alpha value is -2.33. The Balaban J connectivity index is 1.74. The van der Waals surface area contributed by atoms with E-state index in [2.05, 4.69) is 0 Å². The van der Waals surface area contributed by atoms with E-state index in [0.29, 0.717) is 10.6 Å². The van der Waals surface area contributed by atoms with E-state index in [1.54, 1.807) is 6.07 Å². The Morgan fingerprint density at radius 2 is 1.88 bits per heavy atom. The topological polar surface area (TPSA) is 63.6 Å². The van der Waals surface area contributed by atoms with E-state index in [9.17, 15) is 14.7 Å². The Morgan fingerprint density at radius 1 is 1.12 bits per heavy atom. The van der Waals surface area contributed by atoms with Crippen LogP contribution in [0.2, 0.25) is 5.02 Å². The summed E-state index contributed by atoms with van der Waals surface area (Å²) in [6.07, 6.45) is 2.17. The fraction of sp³-hybridized carbons (Fsp3) is 0.263. The predicted molar refractivity (Wildman–Crippen MR) is 90.8 cm³/mol. The van der Waals surface area contributed by atoms with Gasteiger partial charge in [-0.1, -0.05) is 23.7 Å². The molecule has 0 spiro atoms. The molecule has 0 saturated carbocycles. The van der Waals surface area contributed by atoms with Gasteiger partial charge in [0.2, 0.25) is 5.78 Å². The molecule has 0 unspecified atom stereocenters. The number of carbonyl (C=O) groups is 2. The minimum Gasteiger partial charge on any atom is -0.507 e. The van der Waals surface area contributed by atoms with Crippen LogP contribution in [0.25, 0.3) is 0 Å². The van der Waals surface area contributed by atoms with Gasteiger partial charge >= 0.3 is 5.97 Å². The van der Waals surface area contributed by atoms with Crippen LogP contribution < -0.4 is 0 Å². The molecule has 4 nitrogen and oxygen atoms in total. The maximum Gasteiger partial charge on any atom is 0.342 e. The third kappa shape index (κ3) is 3.29. The molecule has 2 aromatic rings. The van der Waals surface area contributed by atoms with Gasteiger partial charge in [-0.2, -0.15) is 0 Å². The highest BCUT2D eigenvalue weighted by Gasteiger charge is 2.23. The number of benzene rings is 2. The summed E-state index contributed by atoms with van der Waals surface area (Å²) in [6, 6.07) is 9.71. The number of ether oxygens (including phenoxy) is 1. The molecule has 1 aliphatic carbocycles. The van der Waals surface area contributed by atoms with Crippen LogP contribution in [0, 0.1) is 0 Å². The number of phenols is 1. The molecule has 0 radical (unpaired) electrons. The molecule has 0 bridgehead atoms. The van der Waals surface area contributed by atoms with Gasteiger partial charge in [0.15, 0.2) is 6.10 Å². The highest BCUT2D eigenvalue weighted by molar-refractivity contribution is 6.31. The van der Waals surface area contributed by atoms with Crippen LogP contribution in [0.5, 0.6) is 5.75 Å². The average Bonchev–Trinajstić information content (AvgIpc) is 3.03. The zero-order chi connectivity index (χ0) is 17.3. The van der Waals surface area contributed by atoms with Crippen molar-refractivity contribution in [1.82, 2.24) is 0 Å². The van der Waals surface area contributed by atoms with Crippen molar-refractivity contribution in [2.45, 2.75) is 32.3 Å². The van der Waals surface area contributed by atoms with E-state index in [-0.39, 0.29) is 17.1 Å². The van der Waals surface area contributed by atoms with Gasteiger partial charge in [-0.25, -0.2) is 4.79 Å². The first kappa shape index (κ1) is 16.5. The highest BCUT2D eigenvalue weighted by Crippen LogP contribution is 2.25. The first-order valence-corrected chi connectivity index (χ1v) is 8.19. The summed E-state index contributed by atoms with van der Waals surface area (Å²) in [5.74, 6) is -1.28. The van der Waals surface area contributed by atoms with Gasteiger partial charge in [0.1, 0.15) is 11.3 Å². The summed E-state index contributed by atoms with van der Waals surface area (Å²) in [5.41, 5.74) is 2.94. The fourth-order valence-electron chi connectivity index (χ4n) is 2.91. The van der Waals surface area contributed by atoms with Gasteiger partial charge in [0.25, 0.3) is 0 Å². The third-order valence-electron chi connectivity index (χ3n) is 4.21. The van der Waals surface area contributed by atoms with Crippen molar-refractivity contribution in [3.63, 3.8) is 0 Å². The number of esters is 1. The van der Waals surface area contributed by atoms with Crippen molar-refractivity contribution >= 4 is 23.4 Å². The van der Waals surface area contributed by atoms with E-state index in [1.807, 2.05) is 12.1 Å². The third-order valence-corrected chi connectivity index (χ3v) is 4.45. The molecule has 124 valence electrons. The van der Waals surface area contributed by atoms with Crippen molar-refractivity contribution in [1.29, 1.82) is 0 Å². The number of phenolic OH excluding ortho intramolecular Hbond substituents is 1. The van der Waals surface area contributed by atoms with E-state index in [4.69, 9.17) is 16.3 Å². The number of aromatic hydroxyl groups is 1. The molecular weight excluding hydrogens is 328 g/mol. The number of aryl methyl sites for hydroxylation is 2. The molecule has 5 heteroatoms. The molecule has 0 fully saturated rings. The Bertz CT molecular complexity index is 813. The van der Waals surface area contributed by atoms with Gasteiger partial charge in [-0.05, 0) is 61.6 Å². The summed E-state index contributed by atoms with van der Waals surface area (Å²) in [4.78, 5) is 24.7. The van der Waals surface area contributed by atoms with Crippen LogP contribution in [0.3, 0.4) is 0 Å². The summed E-state index contributed by atoms with van der Waals surface area (Å²) in [7, 11) is 0. The van der Waals surface area contributed by atoms with E-state index < -0.39 is 12.1 Å². The first-order valence-electron chi connectivity index (χ1n) is 7.81. The second-order valence-electron chi connectivity index (χ2n) is 5.91. The lowest BCUT2D eigenvalue weighted by molar-refractivity contribution is 0.0316. The maximum absolute atomic E-state index is 12.5. The molecule has 1 atom stereocenters. The maximum atomic E-state index is 12.5. The van der Waals surface area contributed by atoms with Crippen molar-refractivity contribution in [2.24, 2.45) is 0 Å². The number of rotatable bonds is 4. The number of halogens is 1. The summed E-state index contributed by atoms with van der Waals surface area (Å²) >= 11 is 5.82. The zero-order valence-electron chi connectivity index (χ0n) is 13.2. The number of fused-ring (bicyclic) bond motifs is 1. The summed E-state index contributed by atoms with van der Waals surface area (Å²) < 4.78 is 5.20. The molecule has 3 rings (SSSR count). The molecule has 0 heterocycles. The number of ketones is 1. The first-order chi connectivity index (χ1) is 11.5. The lowest BCUT2D eigenvalue weighted by Crippen LogP contribution is -2.24. The van der Waals surface area contributed by atoms with Crippen LogP contribution in [0.4, 0.5) is 0 Å². The van der Waals surface area contributed by atoms with Gasteiger partial charge in [0, 0.05) is 10.6 Å². The standard InChI is InChI=1S/C19H17ClO4/c1-11(24-19(23)16-10-15(20)7-8-17(16)21)18(22)14-6-5-12-3-2-4-13(12)9-14/h5-11,21H,2-4H2,1H3/t11-/m0/s1. The van der Waals surface area contributed by atoms with Crippen molar-refractivity contribution < 1.29 is 19.4 Å². The number of Topliss-reactive ketones (excluding diaryl/α,β-unsaturated/α-hetero) is 1. The highest BCUT2D eigenvalue weighted by atomic mass is 35.5. The predicted octanol–water partition coefficient (Wildman–Crippen LogP) is 3.96. The van der Waals surface area contributed by atoms with Crippen LogP contribution >= 0.6 is 11.6 Å². The minimum absolute atomic E-state index is 0.0592. The average molecular weight is 345 g/mol. The summed E-state index contributed by atoms with van der Waals surface area (Å²) in [6.45, 7) is 1.52. The van der Waals surface area contributed by atoms with Crippen molar-refractivity contribution in [2.75, 3.05) is 0 Å². The zero-order valence-corrected chi connectivity index (χ0v) is 14.0. The Morgan fingerprint density at radius 3 is 2.67 bits per heavy atom. The second kappa shape index (κ2) is 6.65. The Kier molecular flexibility index (Phi) is 4.58. The molecule has 0 aliphatic heterocycles. The molecule has 2 aromatic carbocycles. The lowest BCUT2D eigenvalue weighted by Gasteiger charge is -2.14. The second-order valence-corrected chi connectivity index (χ2v) is 6.35. The van der Waals surface area contributed by atoms with Crippen LogP contribution in [0.15, 0.2) is 36.4 Å². The smallest absolute Gasteiger partial charge is 0.342 e. The lowest BCUT2D eigenvalue weighted by atomic mass is 10.0. The minimum atomic E-state index is -0.949. The monoisotopic (exact) mass is 344 g/mol. The fourth-order valence-corrected chi connectivity index (χ4v) is 3.08. The van der Waals surface area contributed by atoms with Crippen LogP contribution in [-0.4, -0.2) is 23.0 Å². The molecule has 1 N–H and O–H groups in total. The number of hydrogen-bond acceptors (Lipinski definition) is 4. The molecule has 0 amide bonds. The van der Waals surface area contributed by atoms with Crippen LogP contribution in [-0.2, 0) is 17.6 Å². The van der Waals surface area contributed by atoms with Crippen molar-refractivity contribution in [3.8, 4) is 5.75 Å². The SMILES string of the molecule is C[C@H](OC(=O)c1cc(Cl)ccc1O)C(=O)c1ccc2c(c1)CCC2. The van der Waals surface area contributed by atoms with Gasteiger partial charge in [-0.15, -0.1) is 0 Å². The molecule has 1 aliphatic rings.